The van der Waals surface area contributed by atoms with E-state index < -0.39 is 23.2 Å². The zero-order valence-corrected chi connectivity index (χ0v) is 10.9. The molecule has 0 saturated carbocycles. The van der Waals surface area contributed by atoms with Gasteiger partial charge in [0, 0.05) is 0 Å². The molecule has 0 heterocycles. The van der Waals surface area contributed by atoms with Gasteiger partial charge in [0.2, 0.25) is 0 Å². The Bertz CT molecular complexity index is 63.5. The van der Waals surface area contributed by atoms with Crippen molar-refractivity contribution in [2.24, 2.45) is 0 Å². The molecule has 0 aliphatic heterocycles. The molecule has 0 spiro atoms. The summed E-state index contributed by atoms with van der Waals surface area (Å²) in [5, 5.41) is 0. The van der Waals surface area contributed by atoms with Crippen LogP contribution in [0.2, 0.25) is 34.5 Å². The van der Waals surface area contributed by atoms with Gasteiger partial charge in [-0.05, 0) is 0 Å². The van der Waals surface area contributed by atoms with E-state index in [0.29, 0.717) is 0 Å². The second kappa shape index (κ2) is 2.33. The Morgan fingerprint density at radius 2 is 1.00 bits per heavy atom. The van der Waals surface area contributed by atoms with E-state index >= 15 is 0 Å². The van der Waals surface area contributed by atoms with Gasteiger partial charge in [0.25, 0.3) is 0 Å². The molecule has 0 radical (unpaired) electrons. The fourth-order valence-corrected chi connectivity index (χ4v) is 0. The van der Waals surface area contributed by atoms with Gasteiger partial charge in [-0.3, -0.25) is 0 Å². The molecule has 50 valence electrons. The van der Waals surface area contributed by atoms with Gasteiger partial charge >= 0.3 is 57.6 Å². The van der Waals surface area contributed by atoms with Crippen molar-refractivity contribution in [1.29, 1.82) is 0 Å². The van der Waals surface area contributed by atoms with Crippen molar-refractivity contribution in [3.8, 4) is 0 Å². The summed E-state index contributed by atoms with van der Waals surface area (Å²) in [6, 6.07) is 0. The molecular formula is C6H18SiSn. The molecule has 0 nitrogen and oxygen atoms in total. The molecule has 0 fully saturated rings. The topological polar surface area (TPSA) is 0 Å². The first-order valence-electron chi connectivity index (χ1n) is 3.25. The van der Waals surface area contributed by atoms with Crippen LogP contribution in [0.15, 0.2) is 0 Å². The molecule has 0 aromatic carbocycles. The predicted molar refractivity (Wildman–Crippen MR) is 46.7 cm³/mol. The van der Waals surface area contributed by atoms with Crippen molar-refractivity contribution in [2.75, 3.05) is 0 Å². The standard InChI is InChI=1S/C3H9Si.3CH3.Sn/c1-4(2)3;;;;/h1-3H3;3*1H3;. The Balaban J connectivity index is 4.02. The van der Waals surface area contributed by atoms with Gasteiger partial charge in [0.05, 0.1) is 0 Å². The summed E-state index contributed by atoms with van der Waals surface area (Å²) >= 11 is -1.38. The minimum absolute atomic E-state index is 0.649. The first-order chi connectivity index (χ1) is 3.25. The fourth-order valence-electron chi connectivity index (χ4n) is 0. The molecule has 8 heavy (non-hydrogen) atoms. The summed E-state index contributed by atoms with van der Waals surface area (Å²) < 4.78 is 0. The Hall–Kier alpha value is 1.02. The van der Waals surface area contributed by atoms with Crippen molar-refractivity contribution in [1.82, 2.24) is 0 Å². The third-order valence-electron chi connectivity index (χ3n) is 2.25. The van der Waals surface area contributed by atoms with Crippen LogP contribution in [0, 0.1) is 0 Å². The van der Waals surface area contributed by atoms with Gasteiger partial charge in [-0.25, -0.2) is 0 Å². The van der Waals surface area contributed by atoms with Crippen molar-refractivity contribution in [3.05, 3.63) is 0 Å². The van der Waals surface area contributed by atoms with Crippen LogP contribution in [0.1, 0.15) is 0 Å². The molecule has 0 aliphatic carbocycles. The Labute approximate surface area is 57.6 Å². The van der Waals surface area contributed by atoms with E-state index in [1.165, 1.54) is 0 Å². The molecule has 2 heteroatoms. The second-order valence-corrected chi connectivity index (χ2v) is 44.7. The molecule has 0 saturated heterocycles. The van der Waals surface area contributed by atoms with Crippen LogP contribution in [-0.2, 0) is 0 Å². The summed E-state index contributed by atoms with van der Waals surface area (Å²) in [6.07, 6.45) is 0. The Kier molecular flexibility index (Phi) is 2.62. The molecular weight excluding hydrogens is 219 g/mol. The van der Waals surface area contributed by atoms with E-state index in [9.17, 15) is 0 Å². The molecule has 0 amide bonds. The first kappa shape index (κ1) is 9.02. The van der Waals surface area contributed by atoms with Crippen molar-refractivity contribution in [3.63, 3.8) is 0 Å². The van der Waals surface area contributed by atoms with Crippen LogP contribution >= 0.6 is 0 Å². The van der Waals surface area contributed by atoms with Crippen LogP contribution in [0.3, 0.4) is 0 Å². The third kappa shape index (κ3) is 2.53. The molecule has 0 aromatic heterocycles. The van der Waals surface area contributed by atoms with Gasteiger partial charge in [-0.1, -0.05) is 0 Å². The van der Waals surface area contributed by atoms with Crippen LogP contribution in [-0.4, -0.2) is 23.2 Å². The zero-order valence-electron chi connectivity index (χ0n) is 7.00. The van der Waals surface area contributed by atoms with Gasteiger partial charge in [-0.2, -0.15) is 0 Å². The molecule has 0 N–H and O–H groups in total. The first-order valence-corrected chi connectivity index (χ1v) is 19.6. The average Bonchev–Trinajstić information content (AvgIpc) is 1.25. The molecule has 0 atom stereocenters. The van der Waals surface area contributed by atoms with E-state index in [1.54, 1.807) is 0 Å². The van der Waals surface area contributed by atoms with E-state index in [2.05, 4.69) is 34.5 Å². The maximum absolute atomic E-state index is 2.54. The van der Waals surface area contributed by atoms with Crippen molar-refractivity contribution >= 4 is 23.2 Å². The quantitative estimate of drug-likeness (QED) is 0.615. The average molecular weight is 237 g/mol. The summed E-state index contributed by atoms with van der Waals surface area (Å²) in [4.78, 5) is 7.63. The maximum atomic E-state index is 2.54. The molecule has 0 aliphatic rings. The van der Waals surface area contributed by atoms with Crippen LogP contribution in [0.25, 0.3) is 0 Å². The molecule has 0 unspecified atom stereocenters. The number of rotatable bonds is 1. The van der Waals surface area contributed by atoms with Gasteiger partial charge in [-0.15, -0.1) is 0 Å². The zero-order chi connectivity index (χ0) is 7.00. The van der Waals surface area contributed by atoms with Crippen molar-refractivity contribution < 1.29 is 0 Å². The molecule has 0 rings (SSSR count). The normalized spacial score (nSPS) is 14.2. The Morgan fingerprint density at radius 3 is 1.00 bits per heavy atom. The molecule has 0 aromatic rings. The predicted octanol–water partition coefficient (Wildman–Crippen LogP) is 2.74. The third-order valence-corrected chi connectivity index (χ3v) is 45.3. The second-order valence-electron chi connectivity index (χ2n) is 4.50. The number of hydrogen-bond acceptors (Lipinski definition) is 0. The molecule has 0 bridgehead atoms. The van der Waals surface area contributed by atoms with Crippen LogP contribution in [0.5, 0.6) is 0 Å². The van der Waals surface area contributed by atoms with Gasteiger partial charge in [0.1, 0.15) is 0 Å². The van der Waals surface area contributed by atoms with E-state index in [1.807, 2.05) is 0 Å². The Morgan fingerprint density at radius 1 is 0.875 bits per heavy atom. The van der Waals surface area contributed by atoms with E-state index in [4.69, 9.17) is 0 Å². The fraction of sp³-hybridized carbons (Fsp3) is 1.00. The number of hydrogen-bond donors (Lipinski definition) is 0. The summed E-state index contributed by atoms with van der Waals surface area (Å²) in [5.74, 6) is 0. The van der Waals surface area contributed by atoms with Gasteiger partial charge in [0.15, 0.2) is 0 Å². The summed E-state index contributed by atoms with van der Waals surface area (Å²) in [5.41, 5.74) is -0.649. The van der Waals surface area contributed by atoms with E-state index in [-0.39, 0.29) is 0 Å². The van der Waals surface area contributed by atoms with Crippen LogP contribution in [0.4, 0.5) is 0 Å². The van der Waals surface area contributed by atoms with E-state index in [0.717, 1.165) is 0 Å². The monoisotopic (exact) mass is 238 g/mol. The van der Waals surface area contributed by atoms with Crippen LogP contribution < -0.4 is 0 Å². The minimum atomic E-state index is -1.38. The SMILES string of the molecule is C[Si](C)(C)[Sn]([CH3])([CH3])[CH3]. The van der Waals surface area contributed by atoms with Crippen molar-refractivity contribution in [2.45, 2.75) is 34.5 Å². The van der Waals surface area contributed by atoms with Gasteiger partial charge < -0.3 is 0 Å². The summed E-state index contributed by atoms with van der Waals surface area (Å²) in [6.45, 7) is 7.51. The summed E-state index contributed by atoms with van der Waals surface area (Å²) in [7, 11) is 0.